The van der Waals surface area contributed by atoms with Gasteiger partial charge < -0.3 is 10.2 Å². The molecule has 0 aromatic heterocycles. The Morgan fingerprint density at radius 1 is 1.18 bits per heavy atom. The number of nitrogens with zero attached hydrogens (tertiary/aromatic N) is 2. The number of benzene rings is 1. The third-order valence-corrected chi connectivity index (χ3v) is 7.50. The van der Waals surface area contributed by atoms with Crippen LogP contribution in [0.2, 0.25) is 0 Å². The average molecular weight is 408 g/mol. The first-order valence-electron chi connectivity index (χ1n) is 10.0. The number of piperidine rings is 1. The maximum absolute atomic E-state index is 12.9. The third kappa shape index (κ3) is 4.38. The van der Waals surface area contributed by atoms with Crippen molar-refractivity contribution in [2.45, 2.75) is 58.4 Å². The van der Waals surface area contributed by atoms with Crippen molar-refractivity contribution in [3.05, 3.63) is 23.8 Å². The Kier molecular flexibility index (Phi) is 6.40. The number of anilines is 2. The molecule has 8 heteroatoms. The van der Waals surface area contributed by atoms with Gasteiger partial charge >= 0.3 is 0 Å². The molecule has 1 unspecified atom stereocenters. The summed E-state index contributed by atoms with van der Waals surface area (Å²) in [5, 5.41) is 2.90. The van der Waals surface area contributed by atoms with Gasteiger partial charge in [0, 0.05) is 31.4 Å². The van der Waals surface area contributed by atoms with Gasteiger partial charge in [-0.15, -0.1) is 0 Å². The summed E-state index contributed by atoms with van der Waals surface area (Å²) >= 11 is 0. The highest BCUT2D eigenvalue weighted by Gasteiger charge is 2.36. The van der Waals surface area contributed by atoms with E-state index in [1.807, 2.05) is 19.1 Å². The molecule has 0 saturated carbocycles. The molecule has 7 nitrogen and oxygen atoms in total. The maximum Gasteiger partial charge on any atom is 0.242 e. The monoisotopic (exact) mass is 407 g/mol. The second-order valence-corrected chi connectivity index (χ2v) is 9.59. The summed E-state index contributed by atoms with van der Waals surface area (Å²) < 4.78 is 26.5. The van der Waals surface area contributed by atoms with Gasteiger partial charge in [0.05, 0.1) is 5.75 Å². The van der Waals surface area contributed by atoms with Gasteiger partial charge in [-0.05, 0) is 55.9 Å². The number of carbonyl (C=O) groups excluding carboxylic acids is 2. The first-order chi connectivity index (χ1) is 13.3. The Morgan fingerprint density at radius 3 is 2.68 bits per heavy atom. The van der Waals surface area contributed by atoms with E-state index in [4.69, 9.17) is 0 Å². The second-order valence-electron chi connectivity index (χ2n) is 7.55. The molecule has 2 aliphatic heterocycles. The number of aryl methyl sites for hydroxylation is 1. The van der Waals surface area contributed by atoms with Gasteiger partial charge in [0.2, 0.25) is 21.8 Å². The van der Waals surface area contributed by atoms with E-state index in [1.165, 1.54) is 4.31 Å². The number of rotatable bonds is 5. The summed E-state index contributed by atoms with van der Waals surface area (Å²) in [6.45, 7) is 4.49. The third-order valence-electron chi connectivity index (χ3n) is 5.42. The quantitative estimate of drug-likeness (QED) is 0.813. The molecule has 0 aliphatic carbocycles. The van der Waals surface area contributed by atoms with Crippen LogP contribution in [0.4, 0.5) is 11.4 Å². The Labute approximate surface area is 167 Å². The fourth-order valence-electron chi connectivity index (χ4n) is 4.10. The molecule has 2 heterocycles. The van der Waals surface area contributed by atoms with Crippen molar-refractivity contribution in [1.29, 1.82) is 0 Å². The van der Waals surface area contributed by atoms with E-state index >= 15 is 0 Å². The lowest BCUT2D eigenvalue weighted by Gasteiger charge is -2.34. The summed E-state index contributed by atoms with van der Waals surface area (Å²) in [7, 11) is -3.42. The number of hydrogen-bond acceptors (Lipinski definition) is 4. The molecule has 1 atom stereocenters. The number of fused-ring (bicyclic) bond motifs is 1. The van der Waals surface area contributed by atoms with Gasteiger partial charge in [0.1, 0.15) is 6.04 Å². The van der Waals surface area contributed by atoms with Crippen molar-refractivity contribution >= 4 is 33.2 Å². The minimum atomic E-state index is -3.42. The van der Waals surface area contributed by atoms with E-state index in [2.05, 4.69) is 5.32 Å². The summed E-state index contributed by atoms with van der Waals surface area (Å²) in [5.41, 5.74) is 2.56. The molecular weight excluding hydrogens is 378 g/mol. The second kappa shape index (κ2) is 8.61. The van der Waals surface area contributed by atoms with Crippen molar-refractivity contribution in [3.8, 4) is 0 Å². The van der Waals surface area contributed by atoms with E-state index in [0.29, 0.717) is 31.6 Å². The highest BCUT2D eigenvalue weighted by molar-refractivity contribution is 7.89. The van der Waals surface area contributed by atoms with Gasteiger partial charge in [-0.1, -0.05) is 13.3 Å². The molecule has 1 aromatic carbocycles. The highest BCUT2D eigenvalue weighted by atomic mass is 32.2. The lowest BCUT2D eigenvalue weighted by atomic mass is 10.0. The van der Waals surface area contributed by atoms with Crippen molar-refractivity contribution in [3.63, 3.8) is 0 Å². The Hall–Kier alpha value is -1.93. The molecule has 28 heavy (non-hydrogen) atoms. The predicted molar refractivity (Wildman–Crippen MR) is 110 cm³/mol. The molecule has 1 N–H and O–H groups in total. The van der Waals surface area contributed by atoms with E-state index in [1.54, 1.807) is 17.9 Å². The zero-order chi connectivity index (χ0) is 20.3. The van der Waals surface area contributed by atoms with Crippen LogP contribution in [0.25, 0.3) is 0 Å². The molecule has 1 fully saturated rings. The van der Waals surface area contributed by atoms with Crippen molar-refractivity contribution in [2.24, 2.45) is 0 Å². The van der Waals surface area contributed by atoms with Crippen LogP contribution in [-0.2, 0) is 26.0 Å². The van der Waals surface area contributed by atoms with Crippen LogP contribution < -0.4 is 10.2 Å². The Balaban J connectivity index is 1.77. The van der Waals surface area contributed by atoms with Crippen LogP contribution in [0.15, 0.2) is 18.2 Å². The maximum atomic E-state index is 12.9. The SMILES string of the molecule is CCCS(=O)(=O)N1CCCCC1C(=O)Nc1ccc2c(c1)CCCN2C(C)=O. The zero-order valence-electron chi connectivity index (χ0n) is 16.6. The number of hydrogen-bond donors (Lipinski definition) is 1. The molecule has 3 rings (SSSR count). The van der Waals surface area contributed by atoms with E-state index in [9.17, 15) is 18.0 Å². The first kappa shape index (κ1) is 20.8. The largest absolute Gasteiger partial charge is 0.325 e. The Bertz CT molecular complexity index is 853. The molecule has 2 aliphatic rings. The standard InChI is InChI=1S/C20H29N3O4S/c1-3-13-28(26,27)23-12-5-4-8-19(23)20(25)21-17-9-10-18-16(14-17)7-6-11-22(18)15(2)24/h9-10,14,19H,3-8,11-13H2,1-2H3,(H,21,25). The number of sulfonamides is 1. The van der Waals surface area contributed by atoms with Crippen LogP contribution in [0.5, 0.6) is 0 Å². The molecular formula is C20H29N3O4S. The number of carbonyl (C=O) groups is 2. The summed E-state index contributed by atoms with van der Waals surface area (Å²) in [6.07, 6.45) is 4.43. The fraction of sp³-hybridized carbons (Fsp3) is 0.600. The summed E-state index contributed by atoms with van der Waals surface area (Å²) in [4.78, 5) is 26.5. The Morgan fingerprint density at radius 2 is 1.96 bits per heavy atom. The topological polar surface area (TPSA) is 86.8 Å². The number of nitrogens with one attached hydrogen (secondary N) is 1. The van der Waals surface area contributed by atoms with Crippen LogP contribution in [0.3, 0.4) is 0 Å². The van der Waals surface area contributed by atoms with Crippen molar-refractivity contribution in [1.82, 2.24) is 4.31 Å². The minimum absolute atomic E-state index is 0.0108. The fourth-order valence-corrected chi connectivity index (χ4v) is 5.85. The van der Waals surface area contributed by atoms with Crippen molar-refractivity contribution in [2.75, 3.05) is 29.1 Å². The van der Waals surface area contributed by atoms with E-state index in [0.717, 1.165) is 36.9 Å². The van der Waals surface area contributed by atoms with Gasteiger partial charge in [-0.2, -0.15) is 4.31 Å². The number of amides is 2. The first-order valence-corrected chi connectivity index (χ1v) is 11.7. The molecule has 0 radical (unpaired) electrons. The lowest BCUT2D eigenvalue weighted by molar-refractivity contribution is -0.120. The van der Waals surface area contributed by atoms with Crippen LogP contribution >= 0.6 is 0 Å². The molecule has 1 saturated heterocycles. The summed E-state index contributed by atoms with van der Waals surface area (Å²) in [6, 6.07) is 4.88. The molecule has 0 bridgehead atoms. The van der Waals surface area contributed by atoms with Gasteiger partial charge in [-0.3, -0.25) is 9.59 Å². The van der Waals surface area contributed by atoms with Crippen LogP contribution in [0.1, 0.15) is 51.5 Å². The van der Waals surface area contributed by atoms with Crippen LogP contribution in [0, 0.1) is 0 Å². The van der Waals surface area contributed by atoms with E-state index < -0.39 is 16.1 Å². The zero-order valence-corrected chi connectivity index (χ0v) is 17.4. The molecule has 2 amide bonds. The normalized spacial score (nSPS) is 20.5. The molecule has 1 aromatic rings. The molecule has 154 valence electrons. The van der Waals surface area contributed by atoms with Gasteiger partial charge in [0.15, 0.2) is 0 Å². The lowest BCUT2D eigenvalue weighted by Crippen LogP contribution is -2.50. The summed E-state index contributed by atoms with van der Waals surface area (Å²) in [5.74, 6) is -0.202. The highest BCUT2D eigenvalue weighted by Crippen LogP contribution is 2.30. The minimum Gasteiger partial charge on any atom is -0.325 e. The molecule has 0 spiro atoms. The predicted octanol–water partition coefficient (Wildman–Crippen LogP) is 2.52. The van der Waals surface area contributed by atoms with E-state index in [-0.39, 0.29) is 17.6 Å². The van der Waals surface area contributed by atoms with Crippen molar-refractivity contribution < 1.29 is 18.0 Å². The van der Waals surface area contributed by atoms with Crippen LogP contribution in [-0.4, -0.2) is 49.4 Å². The average Bonchev–Trinajstić information content (AvgIpc) is 2.67. The van der Waals surface area contributed by atoms with Gasteiger partial charge in [-0.25, -0.2) is 8.42 Å². The smallest absolute Gasteiger partial charge is 0.242 e. The van der Waals surface area contributed by atoms with Gasteiger partial charge in [0.25, 0.3) is 0 Å².